The lowest BCUT2D eigenvalue weighted by Gasteiger charge is -2.15. The summed E-state index contributed by atoms with van der Waals surface area (Å²) >= 11 is 0. The zero-order chi connectivity index (χ0) is 12.1. The molecule has 0 spiro atoms. The first-order valence-corrected chi connectivity index (χ1v) is 6.06. The molecule has 1 aromatic rings. The van der Waals surface area contributed by atoms with Gasteiger partial charge >= 0.3 is 0 Å². The molecule has 0 aromatic carbocycles. The fraction of sp³-hybridized carbons (Fsp3) is 0.692. The molecule has 0 radical (unpaired) electrons. The molecule has 0 aliphatic carbocycles. The Morgan fingerprint density at radius 2 is 1.62 bits per heavy atom. The zero-order valence-corrected chi connectivity index (χ0v) is 11.0. The fourth-order valence-corrected chi connectivity index (χ4v) is 1.67. The minimum atomic E-state index is 0.434. The van der Waals surface area contributed by atoms with Crippen LogP contribution in [0.2, 0.25) is 0 Å². The van der Waals surface area contributed by atoms with Gasteiger partial charge in [0.15, 0.2) is 0 Å². The summed E-state index contributed by atoms with van der Waals surface area (Å²) in [5.74, 6) is 1.51. The Balaban J connectivity index is 2.52. The summed E-state index contributed by atoms with van der Waals surface area (Å²) < 4.78 is 0. The van der Waals surface area contributed by atoms with Crippen molar-refractivity contribution >= 4 is 5.95 Å². The fourth-order valence-electron chi connectivity index (χ4n) is 1.67. The van der Waals surface area contributed by atoms with Gasteiger partial charge in [-0.15, -0.1) is 0 Å². The van der Waals surface area contributed by atoms with Gasteiger partial charge < -0.3 is 5.32 Å². The van der Waals surface area contributed by atoms with Crippen molar-refractivity contribution in [2.45, 2.75) is 53.5 Å². The number of hydrogen-bond donors (Lipinski definition) is 1. The molecule has 0 bridgehead atoms. The summed E-state index contributed by atoms with van der Waals surface area (Å²) in [6, 6.07) is 2.42. The van der Waals surface area contributed by atoms with Crippen molar-refractivity contribution in [3.8, 4) is 0 Å². The largest absolute Gasteiger partial charge is 0.352 e. The number of nitrogens with one attached hydrogen (secondary N) is 1. The van der Waals surface area contributed by atoms with Crippen molar-refractivity contribution in [3.63, 3.8) is 0 Å². The predicted octanol–water partition coefficient (Wildman–Crippen LogP) is 3.33. The van der Waals surface area contributed by atoms with E-state index >= 15 is 0 Å². The average Bonchev–Trinajstić information content (AvgIpc) is 2.12. The molecule has 1 unspecified atom stereocenters. The monoisotopic (exact) mass is 221 g/mol. The van der Waals surface area contributed by atoms with Crippen molar-refractivity contribution in [2.75, 3.05) is 5.32 Å². The highest BCUT2D eigenvalue weighted by Gasteiger charge is 2.06. The normalized spacial score (nSPS) is 12.9. The second-order valence-corrected chi connectivity index (χ2v) is 4.99. The Kier molecular flexibility index (Phi) is 4.71. The number of aryl methyl sites for hydroxylation is 2. The van der Waals surface area contributed by atoms with Crippen LogP contribution >= 0.6 is 0 Å². The molecule has 0 saturated carbocycles. The van der Waals surface area contributed by atoms with Crippen molar-refractivity contribution in [1.82, 2.24) is 9.97 Å². The molecule has 0 aliphatic rings. The highest BCUT2D eigenvalue weighted by atomic mass is 15.1. The molecule has 1 aromatic heterocycles. The van der Waals surface area contributed by atoms with Crippen LogP contribution in [0.3, 0.4) is 0 Å². The van der Waals surface area contributed by atoms with Crippen LogP contribution in [0.15, 0.2) is 6.07 Å². The molecule has 0 fully saturated rings. The maximum atomic E-state index is 4.38. The van der Waals surface area contributed by atoms with Gasteiger partial charge in [-0.1, -0.05) is 13.8 Å². The number of hydrogen-bond acceptors (Lipinski definition) is 3. The van der Waals surface area contributed by atoms with Crippen molar-refractivity contribution in [1.29, 1.82) is 0 Å². The molecule has 1 rings (SSSR count). The standard InChI is InChI=1S/C13H23N3/c1-9(2)6-7-10(3)14-13-15-11(4)8-12(5)16-13/h8-10H,6-7H2,1-5H3,(H,14,15,16). The summed E-state index contributed by atoms with van der Waals surface area (Å²) in [4.78, 5) is 8.76. The van der Waals surface area contributed by atoms with E-state index in [1.165, 1.54) is 6.42 Å². The molecule has 1 N–H and O–H groups in total. The Bertz CT molecular complexity index is 314. The van der Waals surface area contributed by atoms with E-state index in [-0.39, 0.29) is 0 Å². The van der Waals surface area contributed by atoms with Gasteiger partial charge in [-0.25, -0.2) is 9.97 Å². The summed E-state index contributed by atoms with van der Waals surface area (Å²) in [5, 5.41) is 3.36. The molecule has 0 saturated heterocycles. The Morgan fingerprint density at radius 1 is 1.06 bits per heavy atom. The van der Waals surface area contributed by atoms with Crippen LogP contribution in [0.4, 0.5) is 5.95 Å². The van der Waals surface area contributed by atoms with Crippen LogP contribution in [0.25, 0.3) is 0 Å². The number of anilines is 1. The van der Waals surface area contributed by atoms with Crippen molar-refractivity contribution in [2.24, 2.45) is 5.92 Å². The van der Waals surface area contributed by atoms with Crippen LogP contribution in [-0.4, -0.2) is 16.0 Å². The van der Waals surface area contributed by atoms with Crippen molar-refractivity contribution < 1.29 is 0 Å². The van der Waals surface area contributed by atoms with Gasteiger partial charge in [0.2, 0.25) is 5.95 Å². The lowest BCUT2D eigenvalue weighted by molar-refractivity contribution is 0.526. The second-order valence-electron chi connectivity index (χ2n) is 4.99. The molecule has 3 nitrogen and oxygen atoms in total. The molecule has 0 aliphatic heterocycles. The van der Waals surface area contributed by atoms with Crippen LogP contribution < -0.4 is 5.32 Å². The van der Waals surface area contributed by atoms with Gasteiger partial charge in [-0.2, -0.15) is 0 Å². The number of aromatic nitrogens is 2. The van der Waals surface area contributed by atoms with Crippen LogP contribution in [0.1, 0.15) is 45.0 Å². The first-order valence-electron chi connectivity index (χ1n) is 6.06. The van der Waals surface area contributed by atoms with E-state index in [2.05, 4.69) is 36.1 Å². The summed E-state index contributed by atoms with van der Waals surface area (Å²) in [6.45, 7) is 10.7. The van der Waals surface area contributed by atoms with Gasteiger partial charge in [-0.3, -0.25) is 0 Å². The molecule has 3 heteroatoms. The van der Waals surface area contributed by atoms with Gasteiger partial charge in [-0.05, 0) is 45.6 Å². The van der Waals surface area contributed by atoms with Gasteiger partial charge in [0, 0.05) is 17.4 Å². The SMILES string of the molecule is Cc1cc(C)nc(NC(C)CCC(C)C)n1. The zero-order valence-electron chi connectivity index (χ0n) is 11.0. The highest BCUT2D eigenvalue weighted by molar-refractivity contribution is 5.28. The molecular weight excluding hydrogens is 198 g/mol. The van der Waals surface area contributed by atoms with E-state index in [0.29, 0.717) is 6.04 Å². The summed E-state index contributed by atoms with van der Waals surface area (Å²) in [7, 11) is 0. The van der Waals surface area contributed by atoms with Crippen LogP contribution in [0, 0.1) is 19.8 Å². The summed E-state index contributed by atoms with van der Waals surface area (Å²) in [5.41, 5.74) is 2.04. The molecule has 1 atom stereocenters. The maximum absolute atomic E-state index is 4.38. The third-order valence-electron chi connectivity index (χ3n) is 2.53. The molecule has 0 amide bonds. The van der Waals surface area contributed by atoms with E-state index < -0.39 is 0 Å². The second kappa shape index (κ2) is 5.83. The Labute approximate surface area is 98.7 Å². The van der Waals surface area contributed by atoms with E-state index in [0.717, 1.165) is 29.7 Å². The highest BCUT2D eigenvalue weighted by Crippen LogP contribution is 2.11. The quantitative estimate of drug-likeness (QED) is 0.828. The minimum Gasteiger partial charge on any atom is -0.352 e. The number of rotatable bonds is 5. The summed E-state index contributed by atoms with van der Waals surface area (Å²) in [6.07, 6.45) is 2.40. The van der Waals surface area contributed by atoms with E-state index in [9.17, 15) is 0 Å². The number of nitrogens with zero attached hydrogens (tertiary/aromatic N) is 2. The minimum absolute atomic E-state index is 0.434. The van der Waals surface area contributed by atoms with Gasteiger partial charge in [0.1, 0.15) is 0 Å². The third kappa shape index (κ3) is 4.60. The van der Waals surface area contributed by atoms with Gasteiger partial charge in [0.05, 0.1) is 0 Å². The first kappa shape index (κ1) is 12.9. The van der Waals surface area contributed by atoms with E-state index in [1.54, 1.807) is 0 Å². The molecule has 16 heavy (non-hydrogen) atoms. The average molecular weight is 221 g/mol. The van der Waals surface area contributed by atoms with Gasteiger partial charge in [0.25, 0.3) is 0 Å². The third-order valence-corrected chi connectivity index (χ3v) is 2.53. The predicted molar refractivity (Wildman–Crippen MR) is 68.7 cm³/mol. The van der Waals surface area contributed by atoms with E-state index in [1.807, 2.05) is 19.9 Å². The van der Waals surface area contributed by atoms with Crippen LogP contribution in [-0.2, 0) is 0 Å². The Hall–Kier alpha value is -1.12. The smallest absolute Gasteiger partial charge is 0.223 e. The maximum Gasteiger partial charge on any atom is 0.223 e. The molecule has 90 valence electrons. The Morgan fingerprint density at radius 3 is 2.12 bits per heavy atom. The van der Waals surface area contributed by atoms with E-state index in [4.69, 9.17) is 0 Å². The first-order chi connectivity index (χ1) is 7.47. The topological polar surface area (TPSA) is 37.8 Å². The van der Waals surface area contributed by atoms with Crippen LogP contribution in [0.5, 0.6) is 0 Å². The lowest BCUT2D eigenvalue weighted by Crippen LogP contribution is -2.18. The molecule has 1 heterocycles. The lowest BCUT2D eigenvalue weighted by atomic mass is 10.0. The van der Waals surface area contributed by atoms with Crippen molar-refractivity contribution in [3.05, 3.63) is 17.5 Å². The molecular formula is C13H23N3.